The Kier molecular flexibility index (Phi) is 4.28. The highest BCUT2D eigenvalue weighted by molar-refractivity contribution is 7.17. The summed E-state index contributed by atoms with van der Waals surface area (Å²) >= 11 is 1.34. The fourth-order valence-corrected chi connectivity index (χ4v) is 3.46. The van der Waals surface area contributed by atoms with E-state index in [1.54, 1.807) is 18.7 Å². The molecule has 6 nitrogen and oxygen atoms in total. The highest BCUT2D eigenvalue weighted by atomic mass is 32.1. The number of nitrogens with zero attached hydrogens (tertiary/aromatic N) is 4. The van der Waals surface area contributed by atoms with Crippen LogP contribution >= 0.6 is 11.3 Å². The number of aryl methyl sites for hydroxylation is 1. The Morgan fingerprint density at radius 3 is 2.65 bits per heavy atom. The van der Waals surface area contributed by atoms with Gasteiger partial charge in [0, 0.05) is 30.0 Å². The minimum absolute atomic E-state index is 0.169. The molecule has 7 heteroatoms. The zero-order valence-corrected chi connectivity index (χ0v) is 14.8. The molecule has 1 amide bonds. The van der Waals surface area contributed by atoms with Gasteiger partial charge >= 0.3 is 0 Å². The molecule has 0 fully saturated rings. The Morgan fingerprint density at radius 2 is 1.96 bits per heavy atom. The van der Waals surface area contributed by atoms with Crippen LogP contribution in [0.5, 0.6) is 0 Å². The van der Waals surface area contributed by atoms with Crippen molar-refractivity contribution in [3.8, 4) is 16.4 Å². The van der Waals surface area contributed by atoms with Crippen molar-refractivity contribution in [1.82, 2.24) is 19.5 Å². The lowest BCUT2D eigenvalue weighted by Crippen LogP contribution is -2.11. The lowest BCUT2D eigenvalue weighted by Gasteiger charge is -2.06. The number of hydrogen-bond donors (Lipinski definition) is 1. The van der Waals surface area contributed by atoms with Gasteiger partial charge in [0.15, 0.2) is 0 Å². The van der Waals surface area contributed by atoms with Crippen LogP contribution in [0.25, 0.3) is 16.4 Å². The second-order valence-corrected chi connectivity index (χ2v) is 6.62. The summed E-state index contributed by atoms with van der Waals surface area (Å²) in [4.78, 5) is 26.0. The Balaban J connectivity index is 1.52. The molecular formula is C19H15N5OS. The first kappa shape index (κ1) is 16.2. The van der Waals surface area contributed by atoms with Crippen LogP contribution in [0, 0.1) is 6.92 Å². The van der Waals surface area contributed by atoms with E-state index in [4.69, 9.17) is 0 Å². The molecule has 128 valence electrons. The number of rotatable bonds is 4. The van der Waals surface area contributed by atoms with Gasteiger partial charge in [0.25, 0.3) is 5.91 Å². The maximum atomic E-state index is 12.6. The molecule has 0 atom stereocenters. The molecular weight excluding hydrogens is 346 g/mol. The average molecular weight is 361 g/mol. The van der Waals surface area contributed by atoms with E-state index in [2.05, 4.69) is 20.3 Å². The molecule has 0 spiro atoms. The van der Waals surface area contributed by atoms with Crippen LogP contribution in [0.3, 0.4) is 0 Å². The molecule has 0 saturated carbocycles. The molecule has 0 unspecified atom stereocenters. The monoisotopic (exact) mass is 361 g/mol. The van der Waals surface area contributed by atoms with Crippen LogP contribution in [0.2, 0.25) is 0 Å². The van der Waals surface area contributed by atoms with Crippen LogP contribution in [0.4, 0.5) is 5.69 Å². The lowest BCUT2D eigenvalue weighted by atomic mass is 10.2. The second kappa shape index (κ2) is 6.89. The van der Waals surface area contributed by atoms with Crippen molar-refractivity contribution in [3.63, 3.8) is 0 Å². The van der Waals surface area contributed by atoms with Crippen molar-refractivity contribution in [2.24, 2.45) is 0 Å². The summed E-state index contributed by atoms with van der Waals surface area (Å²) in [6, 6.07) is 13.2. The van der Waals surface area contributed by atoms with Gasteiger partial charge in [-0.15, -0.1) is 11.3 Å². The number of thiazole rings is 1. The number of amides is 1. The highest BCUT2D eigenvalue weighted by Gasteiger charge is 2.17. The standard InChI is InChI=1S/C19H15N5OS/c1-13-17(26-19(22-13)16-4-2-3-9-21-16)18(25)23-14-5-7-15(8-6-14)24-11-10-20-12-24/h2-12H,1H3,(H,23,25). The number of benzene rings is 1. The molecule has 1 aromatic carbocycles. The first-order valence-electron chi connectivity index (χ1n) is 7.99. The number of hydrogen-bond acceptors (Lipinski definition) is 5. The van der Waals surface area contributed by atoms with E-state index in [1.807, 2.05) is 60.2 Å². The van der Waals surface area contributed by atoms with Gasteiger partial charge in [0.2, 0.25) is 0 Å². The third-order valence-electron chi connectivity index (χ3n) is 3.81. The second-order valence-electron chi connectivity index (χ2n) is 5.62. The topological polar surface area (TPSA) is 72.7 Å². The molecule has 4 aromatic rings. The van der Waals surface area contributed by atoms with E-state index in [0.29, 0.717) is 10.6 Å². The molecule has 3 heterocycles. The summed E-state index contributed by atoms with van der Waals surface area (Å²) in [5.74, 6) is -0.169. The number of pyridine rings is 1. The van der Waals surface area contributed by atoms with Crippen molar-refractivity contribution in [2.75, 3.05) is 5.32 Å². The number of imidazole rings is 1. The summed E-state index contributed by atoms with van der Waals surface area (Å²) in [5.41, 5.74) is 3.17. The van der Waals surface area contributed by atoms with E-state index in [0.717, 1.165) is 22.1 Å². The molecule has 0 radical (unpaired) electrons. The fourth-order valence-electron chi connectivity index (χ4n) is 2.52. The van der Waals surface area contributed by atoms with Crippen LogP contribution < -0.4 is 5.32 Å². The van der Waals surface area contributed by atoms with Crippen LogP contribution in [0.1, 0.15) is 15.4 Å². The van der Waals surface area contributed by atoms with Crippen LogP contribution in [-0.4, -0.2) is 25.4 Å². The molecule has 26 heavy (non-hydrogen) atoms. The Morgan fingerprint density at radius 1 is 1.12 bits per heavy atom. The van der Waals surface area contributed by atoms with E-state index < -0.39 is 0 Å². The van der Waals surface area contributed by atoms with Gasteiger partial charge in [-0.25, -0.2) is 9.97 Å². The molecule has 4 rings (SSSR count). The number of aromatic nitrogens is 4. The van der Waals surface area contributed by atoms with Crippen molar-refractivity contribution in [1.29, 1.82) is 0 Å². The summed E-state index contributed by atoms with van der Waals surface area (Å²) < 4.78 is 1.90. The van der Waals surface area contributed by atoms with Gasteiger partial charge in [-0.05, 0) is 43.3 Å². The molecule has 0 saturated heterocycles. The van der Waals surface area contributed by atoms with Gasteiger partial charge in [-0.1, -0.05) is 6.07 Å². The van der Waals surface area contributed by atoms with Gasteiger partial charge in [0.05, 0.1) is 17.7 Å². The smallest absolute Gasteiger partial charge is 0.267 e. The molecule has 0 aliphatic carbocycles. The molecule has 0 aliphatic heterocycles. The van der Waals surface area contributed by atoms with Gasteiger partial charge < -0.3 is 9.88 Å². The van der Waals surface area contributed by atoms with Crippen LogP contribution in [0.15, 0.2) is 67.4 Å². The Hall–Kier alpha value is -3.32. The average Bonchev–Trinajstić information content (AvgIpc) is 3.33. The zero-order valence-electron chi connectivity index (χ0n) is 14.0. The summed E-state index contributed by atoms with van der Waals surface area (Å²) in [5, 5.41) is 3.66. The normalized spacial score (nSPS) is 10.7. The van der Waals surface area contributed by atoms with E-state index in [1.165, 1.54) is 11.3 Å². The molecule has 3 aromatic heterocycles. The van der Waals surface area contributed by atoms with Crippen LogP contribution in [-0.2, 0) is 0 Å². The van der Waals surface area contributed by atoms with E-state index >= 15 is 0 Å². The van der Waals surface area contributed by atoms with E-state index in [9.17, 15) is 4.79 Å². The summed E-state index contributed by atoms with van der Waals surface area (Å²) in [6.07, 6.45) is 7.04. The molecule has 1 N–H and O–H groups in total. The quantitative estimate of drug-likeness (QED) is 0.597. The number of nitrogens with one attached hydrogen (secondary N) is 1. The Labute approximate surface area is 154 Å². The maximum absolute atomic E-state index is 12.6. The third kappa shape index (κ3) is 3.25. The van der Waals surface area contributed by atoms with Crippen molar-refractivity contribution in [3.05, 3.63) is 78.0 Å². The predicted octanol–water partition coefficient (Wildman–Crippen LogP) is 3.95. The maximum Gasteiger partial charge on any atom is 0.267 e. The lowest BCUT2D eigenvalue weighted by molar-refractivity contribution is 0.103. The SMILES string of the molecule is Cc1nc(-c2ccccn2)sc1C(=O)Nc1ccc(-n2ccnc2)cc1. The number of carbonyl (C=O) groups is 1. The number of anilines is 1. The van der Waals surface area contributed by atoms with Crippen molar-refractivity contribution >= 4 is 22.9 Å². The predicted molar refractivity (Wildman–Crippen MR) is 102 cm³/mol. The van der Waals surface area contributed by atoms with Gasteiger partial charge in [-0.3, -0.25) is 9.78 Å². The van der Waals surface area contributed by atoms with Gasteiger partial charge in [-0.2, -0.15) is 0 Å². The minimum Gasteiger partial charge on any atom is -0.321 e. The summed E-state index contributed by atoms with van der Waals surface area (Å²) in [6.45, 7) is 1.83. The molecule has 0 aliphatic rings. The zero-order chi connectivity index (χ0) is 17.9. The van der Waals surface area contributed by atoms with E-state index in [-0.39, 0.29) is 5.91 Å². The highest BCUT2D eigenvalue weighted by Crippen LogP contribution is 2.27. The first-order valence-corrected chi connectivity index (χ1v) is 8.81. The number of carbonyl (C=O) groups excluding carboxylic acids is 1. The van der Waals surface area contributed by atoms with Crippen molar-refractivity contribution in [2.45, 2.75) is 6.92 Å². The largest absolute Gasteiger partial charge is 0.321 e. The van der Waals surface area contributed by atoms with Gasteiger partial charge in [0.1, 0.15) is 9.88 Å². The minimum atomic E-state index is -0.169. The fraction of sp³-hybridized carbons (Fsp3) is 0.0526. The van der Waals surface area contributed by atoms with Crippen molar-refractivity contribution < 1.29 is 4.79 Å². The molecule has 0 bridgehead atoms. The Bertz CT molecular complexity index is 1020. The third-order valence-corrected chi connectivity index (χ3v) is 4.99. The first-order chi connectivity index (χ1) is 12.7. The summed E-state index contributed by atoms with van der Waals surface area (Å²) in [7, 11) is 0.